The largest absolute Gasteiger partial charge is 0.459 e. The van der Waals surface area contributed by atoms with Crippen LogP contribution in [0.25, 0.3) is 11.2 Å². The van der Waals surface area contributed by atoms with Gasteiger partial charge in [-0.2, -0.15) is 0 Å². The maximum Gasteiger partial charge on any atom is 0.338 e. The van der Waals surface area contributed by atoms with E-state index in [1.807, 2.05) is 20.8 Å². The second kappa shape index (κ2) is 13.5. The molecule has 11 nitrogen and oxygen atoms in total. The molecule has 3 aromatic carbocycles. The third kappa shape index (κ3) is 6.73. The Kier molecular flexibility index (Phi) is 9.03. The number of benzene rings is 3. The molecule has 0 saturated carbocycles. The lowest BCUT2D eigenvalue weighted by atomic mass is 10.1. The number of carbonyl (C=O) groups is 3. The van der Waals surface area contributed by atoms with Gasteiger partial charge in [0.2, 0.25) is 0 Å². The van der Waals surface area contributed by atoms with Crippen LogP contribution in [0.5, 0.6) is 0 Å². The van der Waals surface area contributed by atoms with Crippen LogP contribution in [-0.4, -0.2) is 62.3 Å². The zero-order valence-electron chi connectivity index (χ0n) is 25.8. The van der Waals surface area contributed by atoms with Crippen LogP contribution in [0.1, 0.15) is 59.7 Å². The van der Waals surface area contributed by atoms with Crippen LogP contribution in [0.2, 0.25) is 0 Å². The molecule has 2 aromatic heterocycles. The molecule has 47 heavy (non-hydrogen) atoms. The van der Waals surface area contributed by atoms with Crippen LogP contribution in [0, 0.1) is 20.8 Å². The lowest BCUT2D eigenvalue weighted by Crippen LogP contribution is -2.41. The summed E-state index contributed by atoms with van der Waals surface area (Å²) in [5.41, 5.74) is 4.13. The number of alkyl halides is 1. The molecule has 0 N–H and O–H groups in total. The zero-order chi connectivity index (χ0) is 33.1. The van der Waals surface area contributed by atoms with Crippen LogP contribution in [0.15, 0.2) is 85.5 Å². The van der Waals surface area contributed by atoms with E-state index in [0.717, 1.165) is 16.7 Å². The van der Waals surface area contributed by atoms with Gasteiger partial charge in [-0.1, -0.05) is 53.1 Å². The van der Waals surface area contributed by atoms with Crippen LogP contribution < -0.4 is 0 Å². The van der Waals surface area contributed by atoms with Crippen molar-refractivity contribution in [1.29, 1.82) is 0 Å². The maximum atomic E-state index is 13.8. The first-order valence-electron chi connectivity index (χ1n) is 14.9. The number of fused-ring (bicyclic) bond motifs is 1. The van der Waals surface area contributed by atoms with Crippen molar-refractivity contribution in [1.82, 2.24) is 19.5 Å². The number of hydrogen-bond donors (Lipinski definition) is 0. The predicted molar refractivity (Wildman–Crippen MR) is 166 cm³/mol. The van der Waals surface area contributed by atoms with Gasteiger partial charge in [0.15, 0.2) is 24.1 Å². The van der Waals surface area contributed by atoms with Crippen LogP contribution >= 0.6 is 0 Å². The Morgan fingerprint density at radius 3 is 1.77 bits per heavy atom. The first kappa shape index (κ1) is 31.5. The summed E-state index contributed by atoms with van der Waals surface area (Å²) in [6, 6.07) is 20.3. The fourth-order valence-electron chi connectivity index (χ4n) is 5.21. The summed E-state index contributed by atoms with van der Waals surface area (Å²) < 4.78 is 39.2. The molecular weight excluding hydrogens is 607 g/mol. The molecule has 0 radical (unpaired) electrons. The van der Waals surface area contributed by atoms with Crippen molar-refractivity contribution >= 4 is 29.1 Å². The Balaban J connectivity index is 1.38. The summed E-state index contributed by atoms with van der Waals surface area (Å²) in [4.78, 5) is 52.5. The number of aryl methyl sites for hydroxylation is 3. The predicted octanol–water partition coefficient (Wildman–Crippen LogP) is 5.43. The Labute approximate surface area is 269 Å². The normalized spacial score (nSPS) is 19.0. The molecule has 0 spiro atoms. The first-order chi connectivity index (χ1) is 22.7. The highest BCUT2D eigenvalue weighted by Crippen LogP contribution is 2.37. The van der Waals surface area contributed by atoms with E-state index in [2.05, 4.69) is 15.0 Å². The number of carbonyl (C=O) groups excluding carboxylic acids is 3. The van der Waals surface area contributed by atoms with Crippen molar-refractivity contribution in [2.24, 2.45) is 0 Å². The number of nitrogens with zero attached hydrogens (tertiary/aromatic N) is 4. The maximum absolute atomic E-state index is 13.8. The fraction of sp³-hybridized carbons (Fsp3) is 0.257. The summed E-state index contributed by atoms with van der Waals surface area (Å²) in [5, 5.41) is 0. The number of esters is 3. The van der Waals surface area contributed by atoms with Gasteiger partial charge < -0.3 is 18.9 Å². The van der Waals surface area contributed by atoms with E-state index in [1.54, 1.807) is 72.8 Å². The van der Waals surface area contributed by atoms with E-state index in [9.17, 15) is 18.8 Å². The van der Waals surface area contributed by atoms with Crippen molar-refractivity contribution in [2.75, 3.05) is 6.61 Å². The molecule has 6 rings (SSSR count). The summed E-state index contributed by atoms with van der Waals surface area (Å²) in [6.45, 7) is 4.42. The van der Waals surface area contributed by atoms with Crippen molar-refractivity contribution in [3.8, 4) is 0 Å². The van der Waals surface area contributed by atoms with Gasteiger partial charge in [-0.05, 0) is 57.2 Å². The van der Waals surface area contributed by atoms with Gasteiger partial charge in [-0.3, -0.25) is 4.57 Å². The molecule has 1 saturated heterocycles. The van der Waals surface area contributed by atoms with Crippen LogP contribution in [-0.2, 0) is 25.6 Å². The second-order valence-electron chi connectivity index (χ2n) is 11.3. The van der Waals surface area contributed by atoms with Crippen LogP contribution in [0.3, 0.4) is 0 Å². The van der Waals surface area contributed by atoms with E-state index in [4.69, 9.17) is 18.9 Å². The lowest BCUT2D eigenvalue weighted by Gasteiger charge is -2.25. The van der Waals surface area contributed by atoms with E-state index >= 15 is 0 Å². The third-order valence-corrected chi connectivity index (χ3v) is 7.85. The Morgan fingerprint density at radius 1 is 0.723 bits per heavy atom. The molecule has 0 unspecified atom stereocenters. The molecule has 1 aliphatic rings. The summed E-state index contributed by atoms with van der Waals surface area (Å²) in [5.74, 6) is -2.04. The van der Waals surface area contributed by atoms with Crippen molar-refractivity contribution in [3.05, 3.63) is 125 Å². The molecule has 3 heterocycles. The fourth-order valence-corrected chi connectivity index (χ4v) is 5.21. The number of aromatic nitrogens is 4. The topological polar surface area (TPSA) is 132 Å². The zero-order valence-corrected chi connectivity index (χ0v) is 25.8. The Bertz CT molecular complexity index is 1910. The van der Waals surface area contributed by atoms with E-state index in [0.29, 0.717) is 5.56 Å². The van der Waals surface area contributed by atoms with Gasteiger partial charge in [0.1, 0.15) is 36.9 Å². The Morgan fingerprint density at radius 2 is 1.23 bits per heavy atom. The summed E-state index contributed by atoms with van der Waals surface area (Å²) in [6.07, 6.45) is -2.25. The van der Waals surface area contributed by atoms with Gasteiger partial charge in [0.25, 0.3) is 0 Å². The lowest BCUT2D eigenvalue weighted by molar-refractivity contribution is -0.0606. The van der Waals surface area contributed by atoms with Gasteiger partial charge in [-0.15, -0.1) is 0 Å². The number of imidazole rings is 1. The molecule has 0 aliphatic carbocycles. The minimum atomic E-state index is -1.28. The molecule has 1 aliphatic heterocycles. The molecule has 4 atom stereocenters. The monoisotopic (exact) mass is 638 g/mol. The molecule has 0 amide bonds. The van der Waals surface area contributed by atoms with Gasteiger partial charge in [0.05, 0.1) is 23.0 Å². The average Bonchev–Trinajstić information content (AvgIpc) is 3.65. The SMILES string of the molecule is Cc1ccc(C(=O)OC[C@H]2O[C@@H](n3cnc4c(CF)ncnc43)[C@H](OC(=O)c3ccc(C)cc3)[C@@H]2OC(=O)c2ccc(C)cc2)cc1. The quantitative estimate of drug-likeness (QED) is 0.152. The molecule has 12 heteroatoms. The van der Waals surface area contributed by atoms with Crippen molar-refractivity contribution in [2.45, 2.75) is 52.0 Å². The van der Waals surface area contributed by atoms with Gasteiger partial charge >= 0.3 is 17.9 Å². The number of halogens is 1. The van der Waals surface area contributed by atoms with Crippen molar-refractivity contribution < 1.29 is 37.7 Å². The highest BCUT2D eigenvalue weighted by atomic mass is 19.1. The summed E-state index contributed by atoms with van der Waals surface area (Å²) in [7, 11) is 0. The van der Waals surface area contributed by atoms with E-state index in [-0.39, 0.29) is 34.6 Å². The summed E-state index contributed by atoms with van der Waals surface area (Å²) >= 11 is 0. The first-order valence-corrected chi connectivity index (χ1v) is 14.9. The highest BCUT2D eigenvalue weighted by molar-refractivity contribution is 5.91. The second-order valence-corrected chi connectivity index (χ2v) is 11.3. The van der Waals surface area contributed by atoms with Gasteiger partial charge in [0, 0.05) is 0 Å². The van der Waals surface area contributed by atoms with Crippen LogP contribution in [0.4, 0.5) is 4.39 Å². The number of rotatable bonds is 9. The average molecular weight is 639 g/mol. The molecule has 0 bridgehead atoms. The van der Waals surface area contributed by atoms with Gasteiger partial charge in [-0.25, -0.2) is 33.7 Å². The Hall–Kier alpha value is -5.49. The third-order valence-electron chi connectivity index (χ3n) is 7.85. The smallest absolute Gasteiger partial charge is 0.338 e. The number of ether oxygens (including phenoxy) is 4. The molecular formula is C35H31FN4O7. The minimum absolute atomic E-state index is 0.0610. The van der Waals surface area contributed by atoms with E-state index < -0.39 is 49.1 Å². The highest BCUT2D eigenvalue weighted by Gasteiger charge is 2.52. The van der Waals surface area contributed by atoms with Crippen molar-refractivity contribution in [3.63, 3.8) is 0 Å². The standard InChI is InChI=1S/C35H31FN4O7/c1-20-4-10-23(11-5-20)33(41)44-17-27-29(46-34(42)24-12-6-21(2)7-13-24)30(47-35(43)25-14-8-22(3)9-15-25)32(45-27)40-19-39-28-26(16-36)37-18-38-31(28)40/h4-15,18-19,27,29-30,32H,16-17H2,1-3H3/t27-,29-,30-,32-/m1/s1. The minimum Gasteiger partial charge on any atom is -0.459 e. The molecule has 1 fully saturated rings. The molecule has 5 aromatic rings. The molecule has 240 valence electrons. The van der Waals surface area contributed by atoms with E-state index in [1.165, 1.54) is 17.2 Å². The number of hydrogen-bond acceptors (Lipinski definition) is 10.